The number of rotatable bonds is 7. The fourth-order valence-electron chi connectivity index (χ4n) is 4.38. The summed E-state index contributed by atoms with van der Waals surface area (Å²) in [6.07, 6.45) is 1.99. The first-order chi connectivity index (χ1) is 15.2. The summed E-state index contributed by atoms with van der Waals surface area (Å²) in [7, 11) is 1.67. The molecule has 2 N–H and O–H groups in total. The summed E-state index contributed by atoms with van der Waals surface area (Å²) >= 11 is 0. The smallest absolute Gasteiger partial charge is 0.250 e. The van der Waals surface area contributed by atoms with Crippen LogP contribution < -0.4 is 15.4 Å². The van der Waals surface area contributed by atoms with Crippen LogP contribution in [0.25, 0.3) is 0 Å². The van der Waals surface area contributed by atoms with Gasteiger partial charge in [0.1, 0.15) is 5.75 Å². The van der Waals surface area contributed by atoms with Crippen LogP contribution >= 0.6 is 0 Å². The second-order valence-electron chi connectivity index (χ2n) is 7.95. The standard InChI is InChI=1S/C26H29N3O2/c1-31-23-11-7-10-22(18-23)29(25-13-6-5-12-24(25)26(27)30)21-14-16-28(17-15-21)19-20-8-3-2-4-9-20/h2-13,18,21H,14-17,19H2,1H3,(H2,27,30). The second kappa shape index (κ2) is 9.67. The van der Waals surface area contributed by atoms with E-state index in [4.69, 9.17) is 10.5 Å². The molecule has 1 amide bonds. The predicted molar refractivity (Wildman–Crippen MR) is 125 cm³/mol. The van der Waals surface area contributed by atoms with Crippen molar-refractivity contribution in [1.82, 2.24) is 4.90 Å². The van der Waals surface area contributed by atoms with Gasteiger partial charge in [-0.15, -0.1) is 0 Å². The number of amides is 1. The molecular formula is C26H29N3O2. The Morgan fingerprint density at radius 1 is 1.00 bits per heavy atom. The molecule has 0 aromatic heterocycles. The molecule has 5 heteroatoms. The quantitative estimate of drug-likeness (QED) is 0.613. The average molecular weight is 416 g/mol. The molecule has 31 heavy (non-hydrogen) atoms. The van der Waals surface area contributed by atoms with Gasteiger partial charge in [0, 0.05) is 37.4 Å². The molecule has 160 valence electrons. The zero-order chi connectivity index (χ0) is 21.6. The molecule has 1 saturated heterocycles. The van der Waals surface area contributed by atoms with Crippen LogP contribution in [0.5, 0.6) is 5.75 Å². The lowest BCUT2D eigenvalue weighted by atomic mass is 9.99. The Morgan fingerprint density at radius 3 is 2.42 bits per heavy atom. The third kappa shape index (κ3) is 4.89. The predicted octanol–water partition coefficient (Wildman–Crippen LogP) is 4.60. The van der Waals surface area contributed by atoms with Gasteiger partial charge in [-0.25, -0.2) is 0 Å². The molecule has 1 fully saturated rings. The highest BCUT2D eigenvalue weighted by molar-refractivity contribution is 5.99. The van der Waals surface area contributed by atoms with Crippen molar-refractivity contribution in [2.24, 2.45) is 5.73 Å². The molecule has 0 radical (unpaired) electrons. The average Bonchev–Trinajstić information content (AvgIpc) is 2.81. The molecule has 1 aliphatic heterocycles. The fraction of sp³-hybridized carbons (Fsp3) is 0.269. The largest absolute Gasteiger partial charge is 0.497 e. The van der Waals surface area contributed by atoms with Gasteiger partial charge in [-0.05, 0) is 42.7 Å². The van der Waals surface area contributed by atoms with Crippen molar-refractivity contribution in [2.75, 3.05) is 25.1 Å². The summed E-state index contributed by atoms with van der Waals surface area (Å²) in [5.41, 5.74) is 9.46. The molecule has 5 nitrogen and oxygen atoms in total. The Balaban J connectivity index is 1.61. The zero-order valence-electron chi connectivity index (χ0n) is 17.9. The maximum Gasteiger partial charge on any atom is 0.250 e. The van der Waals surface area contributed by atoms with Gasteiger partial charge < -0.3 is 15.4 Å². The number of para-hydroxylation sites is 1. The van der Waals surface area contributed by atoms with Gasteiger partial charge in [0.2, 0.25) is 0 Å². The van der Waals surface area contributed by atoms with Crippen LogP contribution in [0.3, 0.4) is 0 Å². The van der Waals surface area contributed by atoms with Crippen LogP contribution in [0, 0.1) is 0 Å². The van der Waals surface area contributed by atoms with Gasteiger partial charge in [-0.1, -0.05) is 48.5 Å². The molecule has 4 rings (SSSR count). The number of carbonyl (C=O) groups excluding carboxylic acids is 1. The SMILES string of the molecule is COc1cccc(N(c2ccccc2C(N)=O)C2CCN(Cc3ccccc3)CC2)c1. The van der Waals surface area contributed by atoms with E-state index >= 15 is 0 Å². The molecule has 3 aromatic carbocycles. The summed E-state index contributed by atoms with van der Waals surface area (Å²) < 4.78 is 5.46. The van der Waals surface area contributed by atoms with Crippen molar-refractivity contribution in [3.63, 3.8) is 0 Å². The minimum atomic E-state index is -0.412. The molecule has 0 bridgehead atoms. The summed E-state index contributed by atoms with van der Waals surface area (Å²) in [5.74, 6) is 0.380. The van der Waals surface area contributed by atoms with Gasteiger partial charge in [-0.2, -0.15) is 0 Å². The first kappa shape index (κ1) is 20.9. The molecule has 3 aromatic rings. The molecule has 1 aliphatic rings. The number of primary amides is 1. The first-order valence-electron chi connectivity index (χ1n) is 10.7. The number of nitrogens with two attached hydrogens (primary N) is 1. The van der Waals surface area contributed by atoms with Crippen LogP contribution in [0.2, 0.25) is 0 Å². The Morgan fingerprint density at radius 2 is 1.71 bits per heavy atom. The van der Waals surface area contributed by atoms with E-state index in [1.807, 2.05) is 36.4 Å². The number of ether oxygens (including phenoxy) is 1. The van der Waals surface area contributed by atoms with Crippen LogP contribution in [0.4, 0.5) is 11.4 Å². The van der Waals surface area contributed by atoms with Crippen molar-refractivity contribution in [3.05, 3.63) is 90.0 Å². The molecular weight excluding hydrogens is 386 g/mol. The van der Waals surface area contributed by atoms with Gasteiger partial charge >= 0.3 is 0 Å². The normalized spacial score (nSPS) is 14.9. The summed E-state index contributed by atoms with van der Waals surface area (Å²) in [4.78, 5) is 16.9. The monoisotopic (exact) mass is 415 g/mol. The Kier molecular flexibility index (Phi) is 6.53. The van der Waals surface area contributed by atoms with E-state index in [-0.39, 0.29) is 6.04 Å². The number of likely N-dealkylation sites (tertiary alicyclic amines) is 1. The second-order valence-corrected chi connectivity index (χ2v) is 7.95. The van der Waals surface area contributed by atoms with Crippen LogP contribution in [0.15, 0.2) is 78.9 Å². The minimum Gasteiger partial charge on any atom is -0.497 e. The number of nitrogens with zero attached hydrogens (tertiary/aromatic N) is 2. The van der Waals surface area contributed by atoms with Crippen LogP contribution in [-0.4, -0.2) is 37.0 Å². The van der Waals surface area contributed by atoms with Gasteiger partial charge in [0.05, 0.1) is 18.4 Å². The lowest BCUT2D eigenvalue weighted by molar-refractivity contribution is 0.100. The van der Waals surface area contributed by atoms with Crippen molar-refractivity contribution in [3.8, 4) is 5.75 Å². The van der Waals surface area contributed by atoms with Crippen molar-refractivity contribution in [1.29, 1.82) is 0 Å². The van der Waals surface area contributed by atoms with E-state index in [9.17, 15) is 4.79 Å². The molecule has 0 aliphatic carbocycles. The van der Waals surface area contributed by atoms with E-state index in [1.165, 1.54) is 5.56 Å². The number of hydrogen-bond donors (Lipinski definition) is 1. The first-order valence-corrected chi connectivity index (χ1v) is 10.7. The van der Waals surface area contributed by atoms with Gasteiger partial charge in [0.15, 0.2) is 0 Å². The van der Waals surface area contributed by atoms with Crippen molar-refractivity contribution >= 4 is 17.3 Å². The highest BCUT2D eigenvalue weighted by Crippen LogP contribution is 2.36. The molecule has 1 heterocycles. The summed E-state index contributed by atoms with van der Waals surface area (Å²) in [6.45, 7) is 2.96. The third-order valence-electron chi connectivity index (χ3n) is 5.93. The van der Waals surface area contributed by atoms with Crippen LogP contribution in [0.1, 0.15) is 28.8 Å². The topological polar surface area (TPSA) is 58.8 Å². The van der Waals surface area contributed by atoms with Crippen molar-refractivity contribution in [2.45, 2.75) is 25.4 Å². The Labute approximate surface area is 184 Å². The third-order valence-corrected chi connectivity index (χ3v) is 5.93. The molecule has 0 atom stereocenters. The summed E-state index contributed by atoms with van der Waals surface area (Å²) in [6, 6.07) is 26.5. The van der Waals surface area contributed by atoms with Crippen LogP contribution in [-0.2, 0) is 6.54 Å². The molecule has 0 saturated carbocycles. The number of benzene rings is 3. The lowest BCUT2D eigenvalue weighted by Gasteiger charge is -2.40. The van der Waals surface area contributed by atoms with E-state index in [0.29, 0.717) is 5.56 Å². The Bertz CT molecular complexity index is 1010. The number of hydrogen-bond acceptors (Lipinski definition) is 4. The number of piperidine rings is 1. The highest BCUT2D eigenvalue weighted by Gasteiger charge is 2.28. The maximum absolute atomic E-state index is 12.2. The summed E-state index contributed by atoms with van der Waals surface area (Å²) in [5, 5.41) is 0. The van der Waals surface area contributed by atoms with E-state index in [2.05, 4.69) is 46.2 Å². The van der Waals surface area contributed by atoms with E-state index < -0.39 is 5.91 Å². The lowest BCUT2D eigenvalue weighted by Crippen LogP contribution is -2.43. The van der Waals surface area contributed by atoms with E-state index in [1.54, 1.807) is 13.2 Å². The minimum absolute atomic E-state index is 0.264. The van der Waals surface area contributed by atoms with Crippen molar-refractivity contribution < 1.29 is 9.53 Å². The van der Waals surface area contributed by atoms with Gasteiger partial charge in [0.25, 0.3) is 5.91 Å². The number of methoxy groups -OCH3 is 1. The number of carbonyl (C=O) groups is 1. The van der Waals surface area contributed by atoms with E-state index in [0.717, 1.165) is 49.6 Å². The maximum atomic E-state index is 12.2. The number of anilines is 2. The Hall–Kier alpha value is -3.31. The van der Waals surface area contributed by atoms with Gasteiger partial charge in [-0.3, -0.25) is 9.69 Å². The fourth-order valence-corrected chi connectivity index (χ4v) is 4.38. The molecule has 0 spiro atoms. The zero-order valence-corrected chi connectivity index (χ0v) is 17.9. The molecule has 0 unspecified atom stereocenters. The highest BCUT2D eigenvalue weighted by atomic mass is 16.5.